The predicted octanol–water partition coefficient (Wildman–Crippen LogP) is 2.74. The highest BCUT2D eigenvalue weighted by Crippen LogP contribution is 2.33. The minimum absolute atomic E-state index is 0.176. The summed E-state index contributed by atoms with van der Waals surface area (Å²) in [6.07, 6.45) is 0. The molecule has 1 aromatic heterocycles. The Balaban J connectivity index is 1.12. The fourth-order valence-corrected chi connectivity index (χ4v) is 4.81. The van der Waals surface area contributed by atoms with Gasteiger partial charge in [-0.05, 0) is 29.8 Å². The number of piperazine rings is 1. The zero-order valence-electron chi connectivity index (χ0n) is 16.9. The van der Waals surface area contributed by atoms with Crippen LogP contribution in [0.2, 0.25) is 0 Å². The normalized spacial score (nSPS) is 16.4. The molecule has 7 nitrogen and oxygen atoms in total. The highest BCUT2D eigenvalue weighted by Gasteiger charge is 2.22. The predicted molar refractivity (Wildman–Crippen MR) is 116 cm³/mol. The summed E-state index contributed by atoms with van der Waals surface area (Å²) in [4.78, 5) is 21.7. The summed E-state index contributed by atoms with van der Waals surface area (Å²) < 4.78 is 12.9. The zero-order valence-corrected chi connectivity index (χ0v) is 17.7. The summed E-state index contributed by atoms with van der Waals surface area (Å²) in [5, 5.41) is 0.881. The Morgan fingerprint density at radius 2 is 1.87 bits per heavy atom. The van der Waals surface area contributed by atoms with Gasteiger partial charge in [0, 0.05) is 39.8 Å². The topological polar surface area (TPSA) is 59.8 Å². The Hall–Kier alpha value is -2.71. The van der Waals surface area contributed by atoms with E-state index in [1.165, 1.54) is 17.3 Å². The number of hydrogen-bond acceptors (Lipinski definition) is 6. The molecule has 1 amide bonds. The molecule has 0 aliphatic carbocycles. The van der Waals surface area contributed by atoms with Crippen molar-refractivity contribution in [2.75, 3.05) is 38.7 Å². The second-order valence-corrected chi connectivity index (χ2v) is 8.52. The molecule has 3 heterocycles. The van der Waals surface area contributed by atoms with Gasteiger partial charge in [-0.2, -0.15) is 0 Å². The molecule has 0 saturated carbocycles. The standard InChI is InChI=1S/C22H24N4O3S/c1-24-18-5-3-2-4-17(18)23-22(24)30-14-21(27)26-10-8-25(9-11-26)13-16-6-7-19-20(12-16)29-15-28-19/h2-7,12H,8-11,13-15H2,1H3. The van der Waals surface area contributed by atoms with Crippen LogP contribution in [0.25, 0.3) is 11.0 Å². The number of carbonyl (C=O) groups excluding carboxylic acids is 1. The van der Waals surface area contributed by atoms with Crippen molar-refractivity contribution < 1.29 is 14.3 Å². The lowest BCUT2D eigenvalue weighted by atomic mass is 10.1. The largest absolute Gasteiger partial charge is 0.454 e. The minimum atomic E-state index is 0.176. The van der Waals surface area contributed by atoms with Crippen molar-refractivity contribution in [3.05, 3.63) is 48.0 Å². The van der Waals surface area contributed by atoms with E-state index in [9.17, 15) is 4.79 Å². The second-order valence-electron chi connectivity index (χ2n) is 7.58. The number of ether oxygens (including phenoxy) is 2. The van der Waals surface area contributed by atoms with Gasteiger partial charge in [0.1, 0.15) is 0 Å². The van der Waals surface area contributed by atoms with Crippen LogP contribution in [0, 0.1) is 0 Å². The number of para-hydroxylation sites is 2. The quantitative estimate of drug-likeness (QED) is 0.587. The molecule has 156 valence electrons. The molecule has 1 saturated heterocycles. The zero-order chi connectivity index (χ0) is 20.5. The molecule has 2 aliphatic heterocycles. The summed E-state index contributed by atoms with van der Waals surface area (Å²) >= 11 is 1.51. The molecule has 0 bridgehead atoms. The summed E-state index contributed by atoms with van der Waals surface area (Å²) in [5.74, 6) is 2.22. The number of fused-ring (bicyclic) bond motifs is 2. The molecule has 0 atom stereocenters. The molecule has 0 spiro atoms. The summed E-state index contributed by atoms with van der Waals surface area (Å²) in [5.41, 5.74) is 3.26. The number of thioether (sulfide) groups is 1. The Labute approximate surface area is 179 Å². The Bertz CT molecular complexity index is 1080. The minimum Gasteiger partial charge on any atom is -0.454 e. The number of aromatic nitrogens is 2. The van der Waals surface area contributed by atoms with Crippen LogP contribution in [0.5, 0.6) is 11.5 Å². The maximum atomic E-state index is 12.7. The molecule has 0 N–H and O–H groups in total. The molecular weight excluding hydrogens is 400 g/mol. The van der Waals surface area contributed by atoms with Crippen molar-refractivity contribution in [1.29, 1.82) is 0 Å². The lowest BCUT2D eigenvalue weighted by molar-refractivity contribution is -0.130. The van der Waals surface area contributed by atoms with Crippen molar-refractivity contribution in [2.24, 2.45) is 7.05 Å². The van der Waals surface area contributed by atoms with Crippen LogP contribution in [0.3, 0.4) is 0 Å². The number of nitrogens with zero attached hydrogens (tertiary/aromatic N) is 4. The first-order chi connectivity index (χ1) is 14.7. The first-order valence-electron chi connectivity index (χ1n) is 10.1. The lowest BCUT2D eigenvalue weighted by Crippen LogP contribution is -2.48. The average Bonchev–Trinajstić information content (AvgIpc) is 3.37. The molecule has 0 unspecified atom stereocenters. The van der Waals surface area contributed by atoms with Gasteiger partial charge in [0.2, 0.25) is 12.7 Å². The Morgan fingerprint density at radius 1 is 1.07 bits per heavy atom. The molecule has 5 rings (SSSR count). The van der Waals surface area contributed by atoms with E-state index < -0.39 is 0 Å². The number of imidazole rings is 1. The van der Waals surface area contributed by atoms with E-state index in [0.29, 0.717) is 12.5 Å². The summed E-state index contributed by atoms with van der Waals surface area (Å²) in [6.45, 7) is 4.41. The highest BCUT2D eigenvalue weighted by atomic mass is 32.2. The first kappa shape index (κ1) is 19.3. The average molecular weight is 425 g/mol. The van der Waals surface area contributed by atoms with Crippen LogP contribution in [-0.2, 0) is 18.4 Å². The van der Waals surface area contributed by atoms with E-state index in [1.807, 2.05) is 48.3 Å². The molecule has 1 fully saturated rings. The van der Waals surface area contributed by atoms with Gasteiger partial charge < -0.3 is 18.9 Å². The number of aryl methyl sites for hydroxylation is 1. The van der Waals surface area contributed by atoms with Gasteiger partial charge in [-0.25, -0.2) is 4.98 Å². The number of rotatable bonds is 5. The van der Waals surface area contributed by atoms with Gasteiger partial charge in [-0.15, -0.1) is 0 Å². The third kappa shape index (κ3) is 3.85. The molecule has 3 aromatic rings. The van der Waals surface area contributed by atoms with Crippen LogP contribution in [0.1, 0.15) is 5.56 Å². The molecule has 8 heteroatoms. The van der Waals surface area contributed by atoms with E-state index in [1.54, 1.807) is 0 Å². The van der Waals surface area contributed by atoms with Crippen molar-refractivity contribution >= 4 is 28.7 Å². The Kier molecular flexibility index (Phi) is 5.26. The van der Waals surface area contributed by atoms with E-state index in [0.717, 1.165) is 60.4 Å². The number of benzene rings is 2. The van der Waals surface area contributed by atoms with Crippen molar-refractivity contribution in [3.8, 4) is 11.5 Å². The molecule has 2 aliphatic rings. The van der Waals surface area contributed by atoms with Crippen molar-refractivity contribution in [2.45, 2.75) is 11.7 Å². The molecule has 30 heavy (non-hydrogen) atoms. The monoisotopic (exact) mass is 424 g/mol. The third-order valence-electron chi connectivity index (χ3n) is 5.64. The molecule has 0 radical (unpaired) electrons. The van der Waals surface area contributed by atoms with Gasteiger partial charge in [-0.1, -0.05) is 30.0 Å². The fraction of sp³-hybridized carbons (Fsp3) is 0.364. The van der Waals surface area contributed by atoms with Crippen LogP contribution in [0.4, 0.5) is 0 Å². The van der Waals surface area contributed by atoms with Gasteiger partial charge in [-0.3, -0.25) is 9.69 Å². The van der Waals surface area contributed by atoms with Crippen LogP contribution in [0.15, 0.2) is 47.6 Å². The van der Waals surface area contributed by atoms with Crippen LogP contribution < -0.4 is 9.47 Å². The SMILES string of the molecule is Cn1c(SCC(=O)N2CCN(Cc3ccc4c(c3)OCO4)CC2)nc2ccccc21. The first-order valence-corrected chi connectivity index (χ1v) is 11.1. The van der Waals surface area contributed by atoms with Gasteiger partial charge in [0.15, 0.2) is 16.7 Å². The maximum absolute atomic E-state index is 12.7. The van der Waals surface area contributed by atoms with Crippen LogP contribution in [-0.4, -0.2) is 64.0 Å². The summed E-state index contributed by atoms with van der Waals surface area (Å²) in [6, 6.07) is 14.1. The smallest absolute Gasteiger partial charge is 0.233 e. The van der Waals surface area contributed by atoms with E-state index in [4.69, 9.17) is 9.47 Å². The molecule has 2 aromatic carbocycles. The van der Waals surface area contributed by atoms with Crippen molar-refractivity contribution in [3.63, 3.8) is 0 Å². The maximum Gasteiger partial charge on any atom is 0.233 e. The van der Waals surface area contributed by atoms with E-state index in [2.05, 4.69) is 20.5 Å². The second kappa shape index (κ2) is 8.20. The van der Waals surface area contributed by atoms with Gasteiger partial charge >= 0.3 is 0 Å². The van der Waals surface area contributed by atoms with E-state index >= 15 is 0 Å². The van der Waals surface area contributed by atoms with Gasteiger partial charge in [0.05, 0.1) is 16.8 Å². The fourth-order valence-electron chi connectivity index (χ4n) is 3.92. The van der Waals surface area contributed by atoms with Crippen molar-refractivity contribution in [1.82, 2.24) is 19.4 Å². The third-order valence-corrected chi connectivity index (χ3v) is 6.65. The molecular formula is C22H24N4O3S. The van der Waals surface area contributed by atoms with Gasteiger partial charge in [0.25, 0.3) is 0 Å². The number of carbonyl (C=O) groups is 1. The van der Waals surface area contributed by atoms with E-state index in [-0.39, 0.29) is 5.91 Å². The van der Waals surface area contributed by atoms with Crippen LogP contribution >= 0.6 is 11.8 Å². The number of hydrogen-bond donors (Lipinski definition) is 0. The summed E-state index contributed by atoms with van der Waals surface area (Å²) in [7, 11) is 2.00. The highest BCUT2D eigenvalue weighted by molar-refractivity contribution is 7.99. The number of amides is 1. The lowest BCUT2D eigenvalue weighted by Gasteiger charge is -2.34. The Morgan fingerprint density at radius 3 is 2.70 bits per heavy atom.